The molecule has 0 spiro atoms. The summed E-state index contributed by atoms with van der Waals surface area (Å²) >= 11 is 0. The van der Waals surface area contributed by atoms with Gasteiger partial charge >= 0.3 is 0 Å². The second-order valence-electron chi connectivity index (χ2n) is 5.68. The van der Waals surface area contributed by atoms with E-state index in [0.29, 0.717) is 5.92 Å². The average molecular weight is 244 g/mol. The first-order valence-electron chi connectivity index (χ1n) is 7.05. The van der Waals surface area contributed by atoms with Gasteiger partial charge in [-0.05, 0) is 45.3 Å². The Morgan fingerprint density at radius 3 is 2.35 bits per heavy atom. The Balaban J connectivity index is 4.09. The zero-order chi connectivity index (χ0) is 13.3. The van der Waals surface area contributed by atoms with Crippen molar-refractivity contribution in [1.29, 1.82) is 0 Å². The lowest BCUT2D eigenvalue weighted by Crippen LogP contribution is -2.48. The first-order chi connectivity index (χ1) is 7.97. The van der Waals surface area contributed by atoms with Crippen LogP contribution in [-0.2, 0) is 0 Å². The predicted octanol–water partition coefficient (Wildman–Crippen LogP) is 2.10. The van der Waals surface area contributed by atoms with Crippen LogP contribution in [0.1, 0.15) is 47.5 Å². The lowest BCUT2D eigenvalue weighted by molar-refractivity contribution is 0.143. The molecule has 1 atom stereocenters. The highest BCUT2D eigenvalue weighted by atomic mass is 16.3. The summed E-state index contributed by atoms with van der Waals surface area (Å²) < 4.78 is 0. The number of hydrogen-bond acceptors (Lipinski definition) is 3. The van der Waals surface area contributed by atoms with Gasteiger partial charge < -0.3 is 15.3 Å². The van der Waals surface area contributed by atoms with E-state index in [9.17, 15) is 5.11 Å². The Morgan fingerprint density at radius 1 is 1.29 bits per heavy atom. The lowest BCUT2D eigenvalue weighted by Gasteiger charge is -2.32. The van der Waals surface area contributed by atoms with Crippen LogP contribution in [0.15, 0.2) is 0 Å². The minimum absolute atomic E-state index is 0.125. The molecule has 0 aliphatic carbocycles. The molecule has 0 aromatic carbocycles. The average Bonchev–Trinajstić information content (AvgIpc) is 2.31. The fourth-order valence-electron chi connectivity index (χ4n) is 1.95. The fourth-order valence-corrected chi connectivity index (χ4v) is 1.95. The van der Waals surface area contributed by atoms with Crippen LogP contribution < -0.4 is 5.32 Å². The second kappa shape index (κ2) is 8.90. The Hall–Kier alpha value is -0.120. The van der Waals surface area contributed by atoms with Crippen LogP contribution >= 0.6 is 0 Å². The Bertz CT molecular complexity index is 185. The quantitative estimate of drug-likeness (QED) is 0.618. The van der Waals surface area contributed by atoms with Gasteiger partial charge in [-0.15, -0.1) is 0 Å². The number of aliphatic hydroxyl groups excluding tert-OH is 1. The van der Waals surface area contributed by atoms with Gasteiger partial charge in [0.1, 0.15) is 0 Å². The molecule has 1 unspecified atom stereocenters. The molecule has 0 aliphatic heterocycles. The standard InChI is InChI=1S/C14H32N2O/c1-6-9-15-14(5,12-17)8-10-16(7-2)11-13(3)4/h13,15,17H,6-12H2,1-5H3. The molecule has 0 heterocycles. The van der Waals surface area contributed by atoms with Gasteiger partial charge in [0, 0.05) is 12.1 Å². The molecule has 0 fully saturated rings. The summed E-state index contributed by atoms with van der Waals surface area (Å²) in [6.45, 7) is 15.5. The van der Waals surface area contributed by atoms with Crippen LogP contribution in [0.5, 0.6) is 0 Å². The van der Waals surface area contributed by atoms with E-state index in [0.717, 1.165) is 39.0 Å². The second-order valence-corrected chi connectivity index (χ2v) is 5.68. The monoisotopic (exact) mass is 244 g/mol. The Kier molecular flexibility index (Phi) is 8.83. The normalized spacial score (nSPS) is 15.5. The van der Waals surface area contributed by atoms with Gasteiger partial charge in [0.25, 0.3) is 0 Å². The third kappa shape index (κ3) is 7.74. The summed E-state index contributed by atoms with van der Waals surface area (Å²) in [5.74, 6) is 0.707. The predicted molar refractivity (Wildman–Crippen MR) is 75.4 cm³/mol. The van der Waals surface area contributed by atoms with E-state index in [4.69, 9.17) is 0 Å². The van der Waals surface area contributed by atoms with Crippen LogP contribution in [0.2, 0.25) is 0 Å². The van der Waals surface area contributed by atoms with Crippen molar-refractivity contribution in [2.75, 3.05) is 32.8 Å². The number of hydrogen-bond donors (Lipinski definition) is 2. The highest BCUT2D eigenvalue weighted by Crippen LogP contribution is 2.11. The van der Waals surface area contributed by atoms with Crippen LogP contribution in [0, 0.1) is 5.92 Å². The smallest absolute Gasteiger partial charge is 0.0611 e. The Morgan fingerprint density at radius 2 is 1.94 bits per heavy atom. The third-order valence-corrected chi connectivity index (χ3v) is 3.20. The van der Waals surface area contributed by atoms with E-state index in [1.807, 2.05) is 0 Å². The molecule has 17 heavy (non-hydrogen) atoms. The minimum atomic E-state index is -0.125. The van der Waals surface area contributed by atoms with Crippen LogP contribution in [0.25, 0.3) is 0 Å². The molecule has 0 aliphatic rings. The zero-order valence-corrected chi connectivity index (χ0v) is 12.4. The van der Waals surface area contributed by atoms with Crippen LogP contribution in [0.3, 0.4) is 0 Å². The van der Waals surface area contributed by atoms with Gasteiger partial charge in [0.05, 0.1) is 6.61 Å². The van der Waals surface area contributed by atoms with Gasteiger partial charge in [-0.2, -0.15) is 0 Å². The highest BCUT2D eigenvalue weighted by Gasteiger charge is 2.22. The number of nitrogens with zero attached hydrogens (tertiary/aromatic N) is 1. The van der Waals surface area contributed by atoms with Crippen molar-refractivity contribution < 1.29 is 5.11 Å². The van der Waals surface area contributed by atoms with E-state index in [2.05, 4.69) is 44.8 Å². The maximum Gasteiger partial charge on any atom is 0.0611 e. The summed E-state index contributed by atoms with van der Waals surface area (Å²) in [7, 11) is 0. The van der Waals surface area contributed by atoms with E-state index < -0.39 is 0 Å². The molecule has 3 nitrogen and oxygen atoms in total. The van der Waals surface area contributed by atoms with Crippen LogP contribution in [-0.4, -0.2) is 48.3 Å². The van der Waals surface area contributed by atoms with Crippen molar-refractivity contribution in [3.05, 3.63) is 0 Å². The lowest BCUT2D eigenvalue weighted by atomic mass is 9.98. The van der Waals surface area contributed by atoms with Gasteiger partial charge in [-0.25, -0.2) is 0 Å². The SMILES string of the molecule is CCCNC(C)(CO)CCN(CC)CC(C)C. The van der Waals surface area contributed by atoms with Crippen molar-refractivity contribution >= 4 is 0 Å². The molecule has 0 bridgehead atoms. The summed E-state index contributed by atoms with van der Waals surface area (Å²) in [5.41, 5.74) is -0.125. The van der Waals surface area contributed by atoms with E-state index in [1.165, 1.54) is 0 Å². The van der Waals surface area contributed by atoms with E-state index >= 15 is 0 Å². The van der Waals surface area contributed by atoms with Gasteiger partial charge in [0.2, 0.25) is 0 Å². The van der Waals surface area contributed by atoms with Crippen molar-refractivity contribution in [2.45, 2.75) is 53.0 Å². The summed E-state index contributed by atoms with van der Waals surface area (Å²) in [6.07, 6.45) is 2.11. The molecule has 0 saturated heterocycles. The number of rotatable bonds is 10. The maximum atomic E-state index is 9.50. The number of nitrogens with one attached hydrogen (secondary N) is 1. The minimum Gasteiger partial charge on any atom is -0.394 e. The van der Waals surface area contributed by atoms with Gasteiger partial charge in [-0.1, -0.05) is 27.7 Å². The van der Waals surface area contributed by atoms with E-state index in [1.54, 1.807) is 0 Å². The molecule has 0 amide bonds. The van der Waals surface area contributed by atoms with Gasteiger partial charge in [-0.3, -0.25) is 0 Å². The molecule has 0 saturated carbocycles. The molecule has 0 radical (unpaired) electrons. The molecule has 104 valence electrons. The summed E-state index contributed by atoms with van der Waals surface area (Å²) in [5, 5.41) is 12.9. The maximum absolute atomic E-state index is 9.50. The highest BCUT2D eigenvalue weighted by molar-refractivity contribution is 4.83. The molecule has 0 aromatic rings. The summed E-state index contributed by atoms with van der Waals surface area (Å²) in [4.78, 5) is 2.46. The molecule has 2 N–H and O–H groups in total. The Labute approximate surface area is 108 Å². The zero-order valence-electron chi connectivity index (χ0n) is 12.4. The molecule has 0 rings (SSSR count). The number of aliphatic hydroxyl groups is 1. The largest absolute Gasteiger partial charge is 0.394 e. The van der Waals surface area contributed by atoms with Crippen molar-refractivity contribution in [3.63, 3.8) is 0 Å². The molecular formula is C14H32N2O. The molecule has 0 aromatic heterocycles. The molecule has 3 heteroatoms. The summed E-state index contributed by atoms with van der Waals surface area (Å²) in [6, 6.07) is 0. The third-order valence-electron chi connectivity index (χ3n) is 3.20. The van der Waals surface area contributed by atoms with Gasteiger partial charge in [0.15, 0.2) is 0 Å². The van der Waals surface area contributed by atoms with E-state index in [-0.39, 0.29) is 12.1 Å². The first-order valence-corrected chi connectivity index (χ1v) is 7.05. The van der Waals surface area contributed by atoms with Crippen molar-refractivity contribution in [2.24, 2.45) is 5.92 Å². The van der Waals surface area contributed by atoms with Crippen LogP contribution in [0.4, 0.5) is 0 Å². The fraction of sp³-hybridized carbons (Fsp3) is 1.00. The van der Waals surface area contributed by atoms with Crippen molar-refractivity contribution in [1.82, 2.24) is 10.2 Å². The molecular weight excluding hydrogens is 212 g/mol. The topological polar surface area (TPSA) is 35.5 Å². The van der Waals surface area contributed by atoms with Crippen molar-refractivity contribution in [3.8, 4) is 0 Å². The first kappa shape index (κ1) is 16.9.